The number of fused-ring (bicyclic) bond motifs is 1. The van der Waals surface area contributed by atoms with E-state index in [1.54, 1.807) is 7.05 Å². The zero-order chi connectivity index (χ0) is 19.2. The summed E-state index contributed by atoms with van der Waals surface area (Å²) in [5.41, 5.74) is 0.734. The Morgan fingerprint density at radius 3 is 2.46 bits per heavy atom. The third-order valence-electron chi connectivity index (χ3n) is 3.97. The topological polar surface area (TPSA) is 75.2 Å². The highest BCUT2D eigenvalue weighted by atomic mass is 16.6. The molecular weight excluding hydrogens is 332 g/mol. The Hall–Kier alpha value is -2.44. The minimum absolute atomic E-state index is 0.0407. The maximum Gasteiger partial charge on any atom is 0.225 e. The fraction of sp³-hybridized carbons (Fsp3) is 0.579. The second-order valence-electron chi connectivity index (χ2n) is 7.31. The van der Waals surface area contributed by atoms with Crippen LogP contribution in [0.4, 0.5) is 0 Å². The smallest absolute Gasteiger partial charge is 0.225 e. The van der Waals surface area contributed by atoms with Crippen LogP contribution in [0.3, 0.4) is 0 Å². The molecule has 1 amide bonds. The number of hydrogen-bond acceptors (Lipinski definition) is 4. The van der Waals surface area contributed by atoms with Crippen molar-refractivity contribution in [3.8, 4) is 11.5 Å². The normalized spacial score (nSPS) is 14.0. The third-order valence-corrected chi connectivity index (χ3v) is 3.97. The zero-order valence-corrected chi connectivity index (χ0v) is 16.4. The van der Waals surface area contributed by atoms with E-state index in [0.717, 1.165) is 23.0 Å². The van der Waals surface area contributed by atoms with Crippen LogP contribution in [0.2, 0.25) is 0 Å². The molecule has 26 heavy (non-hydrogen) atoms. The molecule has 7 nitrogen and oxygen atoms in total. The second kappa shape index (κ2) is 8.78. The Morgan fingerprint density at radius 1 is 1.15 bits per heavy atom. The van der Waals surface area contributed by atoms with Crippen LogP contribution in [0.5, 0.6) is 11.5 Å². The zero-order valence-electron chi connectivity index (χ0n) is 16.4. The van der Waals surface area contributed by atoms with Crippen molar-refractivity contribution in [2.45, 2.75) is 27.3 Å². The van der Waals surface area contributed by atoms with Gasteiger partial charge in [0.1, 0.15) is 13.2 Å². The van der Waals surface area contributed by atoms with E-state index in [9.17, 15) is 4.79 Å². The Labute approximate surface area is 155 Å². The van der Waals surface area contributed by atoms with E-state index in [1.807, 2.05) is 50.9 Å². The summed E-state index contributed by atoms with van der Waals surface area (Å²) in [6, 6.07) is 5.97. The van der Waals surface area contributed by atoms with E-state index < -0.39 is 0 Å². The molecule has 0 spiro atoms. The number of aliphatic imine (C=N–C) groups is 1. The minimum Gasteiger partial charge on any atom is -0.486 e. The minimum atomic E-state index is -0.378. The van der Waals surface area contributed by atoms with Crippen LogP contribution in [0.25, 0.3) is 0 Å². The van der Waals surface area contributed by atoms with E-state index in [-0.39, 0.29) is 11.3 Å². The lowest BCUT2D eigenvalue weighted by molar-refractivity contribution is -0.128. The molecule has 0 aromatic heterocycles. The Kier molecular flexibility index (Phi) is 6.71. The van der Waals surface area contributed by atoms with Crippen molar-refractivity contribution in [2.24, 2.45) is 10.4 Å². The van der Waals surface area contributed by atoms with Crippen molar-refractivity contribution in [1.29, 1.82) is 0 Å². The molecule has 0 saturated heterocycles. The second-order valence-corrected chi connectivity index (χ2v) is 7.31. The van der Waals surface area contributed by atoms with Gasteiger partial charge in [0, 0.05) is 39.1 Å². The van der Waals surface area contributed by atoms with Crippen molar-refractivity contribution < 1.29 is 14.3 Å². The van der Waals surface area contributed by atoms with Gasteiger partial charge >= 0.3 is 0 Å². The molecule has 144 valence electrons. The highest BCUT2D eigenvalue weighted by molar-refractivity contribution is 5.81. The fourth-order valence-corrected chi connectivity index (χ4v) is 2.54. The molecule has 0 aliphatic carbocycles. The van der Waals surface area contributed by atoms with Crippen molar-refractivity contribution in [3.63, 3.8) is 0 Å². The van der Waals surface area contributed by atoms with E-state index in [2.05, 4.69) is 15.6 Å². The van der Waals surface area contributed by atoms with Crippen LogP contribution in [0, 0.1) is 5.41 Å². The summed E-state index contributed by atoms with van der Waals surface area (Å²) in [4.78, 5) is 18.2. The van der Waals surface area contributed by atoms with Crippen LogP contribution in [-0.2, 0) is 11.3 Å². The first-order valence-corrected chi connectivity index (χ1v) is 8.90. The molecule has 1 aliphatic heterocycles. The molecule has 0 bridgehead atoms. The first-order chi connectivity index (χ1) is 12.3. The quantitative estimate of drug-likeness (QED) is 0.473. The standard InChI is InChI=1S/C19H30N4O3/c1-19(2,3)17(24)21-8-9-22-18(20-4)23(5)13-14-6-7-15-16(12-14)26-11-10-25-15/h6-7,12H,8-11,13H2,1-5H3,(H,20,22)(H,21,24). The predicted octanol–water partition coefficient (Wildman–Crippen LogP) is 1.63. The maximum atomic E-state index is 11.9. The van der Waals surface area contributed by atoms with E-state index in [4.69, 9.17) is 9.47 Å². The molecule has 0 saturated carbocycles. The number of guanidine groups is 1. The number of nitrogens with zero attached hydrogens (tertiary/aromatic N) is 2. The van der Waals surface area contributed by atoms with Gasteiger partial charge in [-0.05, 0) is 17.7 Å². The summed E-state index contributed by atoms with van der Waals surface area (Å²) in [5, 5.41) is 6.18. The molecule has 2 N–H and O–H groups in total. The molecule has 2 rings (SSSR count). The highest BCUT2D eigenvalue weighted by Gasteiger charge is 2.20. The van der Waals surface area contributed by atoms with Crippen LogP contribution < -0.4 is 20.1 Å². The van der Waals surface area contributed by atoms with Crippen molar-refractivity contribution >= 4 is 11.9 Å². The molecule has 1 aliphatic rings. The fourth-order valence-electron chi connectivity index (χ4n) is 2.54. The molecule has 0 radical (unpaired) electrons. The number of rotatable bonds is 5. The average molecular weight is 362 g/mol. The lowest BCUT2D eigenvalue weighted by Crippen LogP contribution is -2.43. The highest BCUT2D eigenvalue weighted by Crippen LogP contribution is 2.31. The first kappa shape index (κ1) is 19.9. The van der Waals surface area contributed by atoms with Crippen molar-refractivity contribution in [2.75, 3.05) is 40.4 Å². The van der Waals surface area contributed by atoms with Gasteiger partial charge in [-0.15, -0.1) is 0 Å². The van der Waals surface area contributed by atoms with Crippen LogP contribution >= 0.6 is 0 Å². The van der Waals surface area contributed by atoms with Crippen LogP contribution in [0.1, 0.15) is 26.3 Å². The van der Waals surface area contributed by atoms with Crippen molar-refractivity contribution in [3.05, 3.63) is 23.8 Å². The van der Waals surface area contributed by atoms with Gasteiger partial charge in [0.25, 0.3) is 0 Å². The Balaban J connectivity index is 1.83. The SMILES string of the molecule is CN=C(NCCNC(=O)C(C)(C)C)N(C)Cc1ccc2c(c1)OCCO2. The van der Waals surface area contributed by atoms with E-state index in [1.165, 1.54) is 0 Å². The van der Waals surface area contributed by atoms with Gasteiger partial charge in [0.05, 0.1) is 0 Å². The molecule has 1 aromatic rings. The van der Waals surface area contributed by atoms with Gasteiger partial charge in [-0.2, -0.15) is 0 Å². The van der Waals surface area contributed by atoms with Crippen molar-refractivity contribution in [1.82, 2.24) is 15.5 Å². The average Bonchev–Trinajstić information content (AvgIpc) is 2.60. The summed E-state index contributed by atoms with van der Waals surface area (Å²) in [6.45, 7) is 8.71. The van der Waals surface area contributed by atoms with Crippen LogP contribution in [0.15, 0.2) is 23.2 Å². The van der Waals surface area contributed by atoms with E-state index in [0.29, 0.717) is 32.8 Å². The summed E-state index contributed by atoms with van der Waals surface area (Å²) in [5.74, 6) is 2.39. The summed E-state index contributed by atoms with van der Waals surface area (Å²) in [6.07, 6.45) is 0. The van der Waals surface area contributed by atoms with Gasteiger partial charge < -0.3 is 25.0 Å². The molecule has 1 aromatic carbocycles. The summed E-state index contributed by atoms with van der Waals surface area (Å²) < 4.78 is 11.2. The number of amides is 1. The van der Waals surface area contributed by atoms with Gasteiger partial charge in [0.15, 0.2) is 17.5 Å². The number of nitrogens with one attached hydrogen (secondary N) is 2. The lowest BCUT2D eigenvalue weighted by atomic mass is 9.96. The number of hydrogen-bond donors (Lipinski definition) is 2. The summed E-state index contributed by atoms with van der Waals surface area (Å²) in [7, 11) is 3.72. The van der Waals surface area contributed by atoms with Gasteiger partial charge in [-0.3, -0.25) is 9.79 Å². The summed E-state index contributed by atoms with van der Waals surface area (Å²) >= 11 is 0. The van der Waals surface area contributed by atoms with Crippen LogP contribution in [-0.4, -0.2) is 57.2 Å². The Bertz CT molecular complexity index is 653. The molecule has 7 heteroatoms. The maximum absolute atomic E-state index is 11.9. The number of ether oxygens (including phenoxy) is 2. The Morgan fingerprint density at radius 2 is 1.81 bits per heavy atom. The predicted molar refractivity (Wildman–Crippen MR) is 103 cm³/mol. The lowest BCUT2D eigenvalue weighted by Gasteiger charge is -2.24. The molecular formula is C19H30N4O3. The van der Waals surface area contributed by atoms with Gasteiger partial charge in [-0.25, -0.2) is 0 Å². The molecule has 1 heterocycles. The third kappa shape index (κ3) is 5.54. The number of carbonyl (C=O) groups excluding carboxylic acids is 1. The molecule has 0 unspecified atom stereocenters. The van der Waals surface area contributed by atoms with E-state index >= 15 is 0 Å². The number of benzene rings is 1. The number of carbonyl (C=O) groups is 1. The monoisotopic (exact) mass is 362 g/mol. The largest absolute Gasteiger partial charge is 0.486 e. The molecule has 0 fully saturated rings. The van der Waals surface area contributed by atoms with Gasteiger partial charge in [0.2, 0.25) is 5.91 Å². The molecule has 0 atom stereocenters. The first-order valence-electron chi connectivity index (χ1n) is 8.90. The van der Waals surface area contributed by atoms with Gasteiger partial charge in [-0.1, -0.05) is 26.8 Å².